The second-order valence-electron chi connectivity index (χ2n) is 8.23. The molecule has 14 heteroatoms. The molecular formula is C23H27ClN4O6S3. The Bertz CT molecular complexity index is 1560. The summed E-state index contributed by atoms with van der Waals surface area (Å²) in [7, 11) is -11.7. The molecular weight excluding hydrogens is 560 g/mol. The first-order chi connectivity index (χ1) is 17.0. The van der Waals surface area contributed by atoms with Gasteiger partial charge in [-0.1, -0.05) is 18.2 Å². The summed E-state index contributed by atoms with van der Waals surface area (Å²) in [6.07, 6.45) is 1.03. The van der Waals surface area contributed by atoms with Crippen LogP contribution in [0.1, 0.15) is 0 Å². The predicted octanol–water partition coefficient (Wildman–Crippen LogP) is 2.52. The average Bonchev–Trinajstić information content (AvgIpc) is 2.85. The maximum Gasteiger partial charge on any atom is 0.261 e. The lowest BCUT2D eigenvalue weighted by Gasteiger charge is -2.30. The second kappa shape index (κ2) is 11.3. The maximum atomic E-state index is 13.1. The molecule has 0 atom stereocenters. The zero-order chi connectivity index (χ0) is 26.0. The molecule has 1 saturated heterocycles. The number of sulfonamides is 2. The Hall–Kier alpha value is -2.84. The van der Waals surface area contributed by atoms with Crippen LogP contribution < -0.4 is 19.7 Å². The number of halogens is 1. The molecule has 37 heavy (non-hydrogen) atoms. The van der Waals surface area contributed by atoms with Crippen molar-refractivity contribution < 1.29 is 25.3 Å². The van der Waals surface area contributed by atoms with Gasteiger partial charge >= 0.3 is 0 Å². The van der Waals surface area contributed by atoms with Crippen molar-refractivity contribution in [1.29, 1.82) is 0 Å². The molecule has 1 fully saturated rings. The first-order valence-corrected chi connectivity index (χ1v) is 15.8. The molecule has 200 valence electrons. The summed E-state index contributed by atoms with van der Waals surface area (Å²) < 4.78 is 80.6. The SMILES string of the molecule is CS(=O)(=O)c1ccc(S(=O)(=O)Nc2ccc(N3CCNCC3)cc2NS(=O)(=O)c2ccccc2)cc1.Cl. The molecule has 1 aliphatic rings. The fourth-order valence-electron chi connectivity index (χ4n) is 3.70. The van der Waals surface area contributed by atoms with E-state index >= 15 is 0 Å². The minimum Gasteiger partial charge on any atom is -0.369 e. The summed E-state index contributed by atoms with van der Waals surface area (Å²) in [4.78, 5) is 1.91. The number of nitrogens with one attached hydrogen (secondary N) is 3. The van der Waals surface area contributed by atoms with Gasteiger partial charge in [-0.25, -0.2) is 25.3 Å². The minimum atomic E-state index is -4.16. The molecule has 0 aromatic heterocycles. The molecule has 10 nitrogen and oxygen atoms in total. The number of piperazine rings is 1. The third-order valence-corrected chi connectivity index (χ3v) is 9.48. The van der Waals surface area contributed by atoms with Gasteiger partial charge in [-0.2, -0.15) is 0 Å². The van der Waals surface area contributed by atoms with Crippen molar-refractivity contribution in [3.8, 4) is 0 Å². The number of sulfone groups is 1. The Kier molecular flexibility index (Phi) is 8.75. The molecule has 0 unspecified atom stereocenters. The summed E-state index contributed by atoms with van der Waals surface area (Å²) in [5, 5.41) is 3.25. The molecule has 1 aliphatic heterocycles. The lowest BCUT2D eigenvalue weighted by molar-refractivity contribution is 0.589. The first kappa shape index (κ1) is 28.7. The number of hydrogen-bond donors (Lipinski definition) is 3. The van der Waals surface area contributed by atoms with Gasteiger partial charge in [0.2, 0.25) is 0 Å². The second-order valence-corrected chi connectivity index (χ2v) is 13.6. The Labute approximate surface area is 223 Å². The van der Waals surface area contributed by atoms with Crippen LogP contribution in [0.15, 0.2) is 87.5 Å². The highest BCUT2D eigenvalue weighted by Crippen LogP contribution is 2.32. The van der Waals surface area contributed by atoms with Crippen LogP contribution in [0.2, 0.25) is 0 Å². The van der Waals surface area contributed by atoms with Gasteiger partial charge in [-0.05, 0) is 54.6 Å². The molecule has 4 rings (SSSR count). The lowest BCUT2D eigenvalue weighted by Crippen LogP contribution is -2.43. The van der Waals surface area contributed by atoms with Gasteiger partial charge in [0.05, 0.1) is 26.1 Å². The molecule has 1 heterocycles. The summed E-state index contributed by atoms with van der Waals surface area (Å²) in [5.74, 6) is 0. The van der Waals surface area contributed by atoms with Crippen molar-refractivity contribution in [3.63, 3.8) is 0 Å². The first-order valence-electron chi connectivity index (χ1n) is 11.0. The van der Waals surface area contributed by atoms with Crippen molar-refractivity contribution in [1.82, 2.24) is 5.32 Å². The molecule has 0 radical (unpaired) electrons. The van der Waals surface area contributed by atoms with Crippen LogP contribution in [-0.4, -0.2) is 57.7 Å². The Morgan fingerprint density at radius 3 is 1.76 bits per heavy atom. The van der Waals surface area contributed by atoms with E-state index in [1.54, 1.807) is 30.3 Å². The van der Waals surface area contributed by atoms with Crippen LogP contribution in [0.25, 0.3) is 0 Å². The van der Waals surface area contributed by atoms with Crippen molar-refractivity contribution in [2.75, 3.05) is 46.8 Å². The predicted molar refractivity (Wildman–Crippen MR) is 146 cm³/mol. The molecule has 0 saturated carbocycles. The van der Waals surface area contributed by atoms with Crippen LogP contribution in [-0.2, 0) is 29.9 Å². The minimum absolute atomic E-state index is 0. The third kappa shape index (κ3) is 6.93. The van der Waals surface area contributed by atoms with E-state index in [0.29, 0.717) is 13.1 Å². The monoisotopic (exact) mass is 586 g/mol. The van der Waals surface area contributed by atoms with Gasteiger partial charge in [0, 0.05) is 38.1 Å². The van der Waals surface area contributed by atoms with Crippen molar-refractivity contribution in [2.24, 2.45) is 0 Å². The average molecular weight is 587 g/mol. The summed E-state index contributed by atoms with van der Waals surface area (Å²) >= 11 is 0. The highest BCUT2D eigenvalue weighted by molar-refractivity contribution is 7.93. The van der Waals surface area contributed by atoms with Gasteiger partial charge in [-0.3, -0.25) is 9.44 Å². The largest absolute Gasteiger partial charge is 0.369 e. The number of nitrogens with zero attached hydrogens (tertiary/aromatic N) is 1. The van der Waals surface area contributed by atoms with Gasteiger partial charge in [0.15, 0.2) is 9.84 Å². The number of rotatable bonds is 8. The Balaban J connectivity index is 0.00000380. The quantitative estimate of drug-likeness (QED) is 0.365. The van der Waals surface area contributed by atoms with E-state index in [1.807, 2.05) is 0 Å². The van der Waals surface area contributed by atoms with E-state index in [4.69, 9.17) is 0 Å². The zero-order valence-corrected chi connectivity index (χ0v) is 23.1. The van der Waals surface area contributed by atoms with E-state index in [0.717, 1.165) is 25.0 Å². The highest BCUT2D eigenvalue weighted by atomic mass is 35.5. The van der Waals surface area contributed by atoms with Crippen LogP contribution in [0, 0.1) is 0 Å². The van der Waals surface area contributed by atoms with E-state index in [1.165, 1.54) is 42.5 Å². The Morgan fingerprint density at radius 2 is 1.19 bits per heavy atom. The molecule has 0 aliphatic carbocycles. The summed E-state index contributed by atoms with van der Waals surface area (Å²) in [6, 6.07) is 17.3. The van der Waals surface area contributed by atoms with Crippen LogP contribution >= 0.6 is 12.4 Å². The molecule has 0 bridgehead atoms. The fraction of sp³-hybridized carbons (Fsp3) is 0.217. The van der Waals surface area contributed by atoms with Gasteiger partial charge < -0.3 is 10.2 Å². The molecule has 3 aromatic carbocycles. The normalized spacial score (nSPS) is 14.5. The highest BCUT2D eigenvalue weighted by Gasteiger charge is 2.22. The summed E-state index contributed by atoms with van der Waals surface area (Å²) in [5.41, 5.74) is 0.828. The number of benzene rings is 3. The van der Waals surface area contributed by atoms with Gasteiger partial charge in [0.1, 0.15) is 0 Å². The van der Waals surface area contributed by atoms with Crippen LogP contribution in [0.5, 0.6) is 0 Å². The third-order valence-electron chi connectivity index (χ3n) is 5.59. The van der Waals surface area contributed by atoms with Gasteiger partial charge in [0.25, 0.3) is 20.0 Å². The van der Waals surface area contributed by atoms with Crippen LogP contribution in [0.4, 0.5) is 17.1 Å². The standard InChI is InChI=1S/C23H26N4O6S3.ClH/c1-34(28,29)19-8-10-21(11-9-19)36(32,33)25-22-12-7-18(27-15-13-24-14-16-27)17-23(22)26-35(30,31)20-5-3-2-4-6-20;/h2-12,17,24-26H,13-16H2,1H3;1H. The van der Waals surface area contributed by atoms with Crippen molar-refractivity contribution in [3.05, 3.63) is 72.8 Å². The topological polar surface area (TPSA) is 142 Å². The summed E-state index contributed by atoms with van der Waals surface area (Å²) in [6.45, 7) is 2.96. The van der Waals surface area contributed by atoms with E-state index in [-0.39, 0.29) is 38.5 Å². The van der Waals surface area contributed by atoms with Crippen LogP contribution in [0.3, 0.4) is 0 Å². The van der Waals surface area contributed by atoms with E-state index in [2.05, 4.69) is 19.7 Å². The van der Waals surface area contributed by atoms with E-state index in [9.17, 15) is 25.3 Å². The van der Waals surface area contributed by atoms with Crippen molar-refractivity contribution >= 4 is 59.4 Å². The van der Waals surface area contributed by atoms with Crippen molar-refractivity contribution in [2.45, 2.75) is 14.7 Å². The molecule has 3 aromatic rings. The lowest BCUT2D eigenvalue weighted by atomic mass is 10.2. The molecule has 3 N–H and O–H groups in total. The van der Waals surface area contributed by atoms with E-state index < -0.39 is 29.9 Å². The molecule has 0 amide bonds. The fourth-order valence-corrected chi connectivity index (χ4v) is 6.50. The number of hydrogen-bond acceptors (Lipinski definition) is 8. The smallest absolute Gasteiger partial charge is 0.261 e. The Morgan fingerprint density at radius 1 is 0.676 bits per heavy atom. The number of anilines is 3. The molecule has 0 spiro atoms. The maximum absolute atomic E-state index is 13.1. The van der Waals surface area contributed by atoms with Gasteiger partial charge in [-0.15, -0.1) is 12.4 Å². The zero-order valence-electron chi connectivity index (χ0n) is 19.8.